The molecule has 0 aliphatic carbocycles. The summed E-state index contributed by atoms with van der Waals surface area (Å²) < 4.78 is 1.77. The van der Waals surface area contributed by atoms with Crippen LogP contribution in [0, 0.1) is 6.92 Å². The van der Waals surface area contributed by atoms with E-state index in [0.717, 1.165) is 16.9 Å². The van der Waals surface area contributed by atoms with Crippen LogP contribution in [-0.4, -0.2) is 21.6 Å². The van der Waals surface area contributed by atoms with Crippen molar-refractivity contribution in [1.29, 1.82) is 0 Å². The first-order chi connectivity index (χ1) is 9.54. The van der Waals surface area contributed by atoms with Crippen molar-refractivity contribution in [1.82, 2.24) is 15.1 Å². The molecule has 0 atom stereocenters. The summed E-state index contributed by atoms with van der Waals surface area (Å²) in [4.78, 5) is 23.0. The van der Waals surface area contributed by atoms with Gasteiger partial charge in [0.1, 0.15) is 0 Å². The second kappa shape index (κ2) is 4.48. The highest BCUT2D eigenvalue weighted by atomic mass is 16.2. The molecule has 3 rings (SSSR count). The van der Waals surface area contributed by atoms with E-state index >= 15 is 0 Å². The first kappa shape index (κ1) is 12.4. The average molecular weight is 270 g/mol. The maximum absolute atomic E-state index is 11.6. The highest BCUT2D eigenvalue weighted by Gasteiger charge is 2.26. The minimum atomic E-state index is -0.341. The molecule has 20 heavy (non-hydrogen) atoms. The summed E-state index contributed by atoms with van der Waals surface area (Å²) >= 11 is 0. The zero-order valence-electron chi connectivity index (χ0n) is 11.2. The van der Waals surface area contributed by atoms with Crippen molar-refractivity contribution in [3.8, 4) is 0 Å². The third-order valence-corrected chi connectivity index (χ3v) is 3.33. The SMILES string of the molecule is Cc1nn(C)cc1CNc1ccc2c(c1)C(=O)NC2=O. The Morgan fingerprint density at radius 3 is 2.70 bits per heavy atom. The molecule has 1 aromatic carbocycles. The summed E-state index contributed by atoms with van der Waals surface area (Å²) in [5, 5.41) is 9.78. The van der Waals surface area contributed by atoms with E-state index in [1.807, 2.05) is 20.2 Å². The van der Waals surface area contributed by atoms with Crippen LogP contribution in [0.4, 0.5) is 5.69 Å². The smallest absolute Gasteiger partial charge is 0.259 e. The predicted octanol–water partition coefficient (Wildman–Crippen LogP) is 1.22. The number of aryl methyl sites for hydroxylation is 2. The van der Waals surface area contributed by atoms with E-state index in [2.05, 4.69) is 15.7 Å². The lowest BCUT2D eigenvalue weighted by atomic mass is 10.1. The van der Waals surface area contributed by atoms with Gasteiger partial charge in [-0.25, -0.2) is 0 Å². The van der Waals surface area contributed by atoms with Gasteiger partial charge in [0.15, 0.2) is 0 Å². The molecule has 0 saturated carbocycles. The number of nitrogens with one attached hydrogen (secondary N) is 2. The molecule has 0 bridgehead atoms. The van der Waals surface area contributed by atoms with E-state index in [4.69, 9.17) is 0 Å². The molecule has 0 spiro atoms. The number of fused-ring (bicyclic) bond motifs is 1. The van der Waals surface area contributed by atoms with Gasteiger partial charge in [0, 0.05) is 31.0 Å². The Morgan fingerprint density at radius 1 is 1.25 bits per heavy atom. The van der Waals surface area contributed by atoms with Crippen LogP contribution in [0.2, 0.25) is 0 Å². The maximum Gasteiger partial charge on any atom is 0.259 e. The van der Waals surface area contributed by atoms with Gasteiger partial charge in [-0.2, -0.15) is 5.10 Å². The zero-order chi connectivity index (χ0) is 14.3. The van der Waals surface area contributed by atoms with Crippen LogP contribution in [-0.2, 0) is 13.6 Å². The van der Waals surface area contributed by atoms with E-state index < -0.39 is 0 Å². The van der Waals surface area contributed by atoms with Crippen molar-refractivity contribution >= 4 is 17.5 Å². The first-order valence-corrected chi connectivity index (χ1v) is 6.27. The lowest BCUT2D eigenvalue weighted by Gasteiger charge is -2.06. The zero-order valence-corrected chi connectivity index (χ0v) is 11.2. The summed E-state index contributed by atoms with van der Waals surface area (Å²) in [6.45, 7) is 2.57. The second-order valence-electron chi connectivity index (χ2n) is 4.81. The van der Waals surface area contributed by atoms with Gasteiger partial charge in [0.2, 0.25) is 0 Å². The molecular formula is C14H14N4O2. The van der Waals surface area contributed by atoms with E-state index in [-0.39, 0.29) is 11.8 Å². The molecule has 2 heterocycles. The lowest BCUT2D eigenvalue weighted by molar-refractivity contribution is 0.0879. The van der Waals surface area contributed by atoms with Gasteiger partial charge < -0.3 is 5.32 Å². The summed E-state index contributed by atoms with van der Waals surface area (Å²) in [6, 6.07) is 5.15. The summed E-state index contributed by atoms with van der Waals surface area (Å²) in [5.41, 5.74) is 3.71. The normalized spacial score (nSPS) is 13.3. The fourth-order valence-corrected chi connectivity index (χ4v) is 2.30. The molecule has 102 valence electrons. The number of rotatable bonds is 3. The molecule has 2 N–H and O–H groups in total. The van der Waals surface area contributed by atoms with Gasteiger partial charge in [0.25, 0.3) is 11.8 Å². The molecule has 6 nitrogen and oxygen atoms in total. The number of amides is 2. The Balaban J connectivity index is 1.79. The third-order valence-electron chi connectivity index (χ3n) is 3.33. The standard InChI is InChI=1S/C14H14N4O2/c1-8-9(7-18(2)17-8)6-15-10-3-4-11-12(5-10)14(20)16-13(11)19/h3-5,7,15H,6H2,1-2H3,(H,16,19,20). The Kier molecular flexibility index (Phi) is 2.78. The Labute approximate surface area is 115 Å². The minimum absolute atomic E-state index is 0.334. The molecule has 0 fully saturated rings. The molecule has 0 unspecified atom stereocenters. The molecule has 0 saturated heterocycles. The number of carbonyl (C=O) groups excluding carboxylic acids is 2. The van der Waals surface area contributed by atoms with Gasteiger partial charge in [-0.3, -0.25) is 19.6 Å². The van der Waals surface area contributed by atoms with E-state index in [9.17, 15) is 9.59 Å². The Hall–Kier alpha value is -2.63. The number of nitrogens with zero attached hydrogens (tertiary/aromatic N) is 2. The molecule has 0 radical (unpaired) electrons. The maximum atomic E-state index is 11.6. The topological polar surface area (TPSA) is 76.0 Å². The molecule has 1 aliphatic rings. The van der Waals surface area contributed by atoms with Gasteiger partial charge in [0.05, 0.1) is 16.8 Å². The van der Waals surface area contributed by atoms with Crippen molar-refractivity contribution in [2.75, 3.05) is 5.32 Å². The van der Waals surface area contributed by atoms with Gasteiger partial charge >= 0.3 is 0 Å². The summed E-state index contributed by atoms with van der Waals surface area (Å²) in [7, 11) is 1.88. The van der Waals surface area contributed by atoms with Crippen LogP contribution in [0.15, 0.2) is 24.4 Å². The van der Waals surface area contributed by atoms with Crippen molar-refractivity contribution < 1.29 is 9.59 Å². The number of carbonyl (C=O) groups is 2. The van der Waals surface area contributed by atoms with Crippen molar-refractivity contribution in [3.63, 3.8) is 0 Å². The Bertz CT molecular complexity index is 718. The van der Waals surface area contributed by atoms with Crippen molar-refractivity contribution in [3.05, 3.63) is 46.8 Å². The van der Waals surface area contributed by atoms with Gasteiger partial charge in [-0.15, -0.1) is 0 Å². The third kappa shape index (κ3) is 2.05. The van der Waals surface area contributed by atoms with Crippen molar-refractivity contribution in [2.45, 2.75) is 13.5 Å². The lowest BCUT2D eigenvalue weighted by Crippen LogP contribution is -2.19. The highest BCUT2D eigenvalue weighted by Crippen LogP contribution is 2.21. The molecule has 2 aromatic rings. The average Bonchev–Trinajstić information content (AvgIpc) is 2.87. The number of benzene rings is 1. The monoisotopic (exact) mass is 270 g/mol. The number of anilines is 1. The number of hydrogen-bond donors (Lipinski definition) is 2. The van der Waals surface area contributed by atoms with Gasteiger partial charge in [-0.1, -0.05) is 0 Å². The second-order valence-corrected chi connectivity index (χ2v) is 4.81. The fraction of sp³-hybridized carbons (Fsp3) is 0.214. The molecule has 2 amide bonds. The Morgan fingerprint density at radius 2 is 2.00 bits per heavy atom. The molecular weight excluding hydrogens is 256 g/mol. The van der Waals surface area contributed by atoms with Gasteiger partial charge in [-0.05, 0) is 25.1 Å². The number of hydrogen-bond acceptors (Lipinski definition) is 4. The van der Waals surface area contributed by atoms with Crippen LogP contribution in [0.5, 0.6) is 0 Å². The number of aromatic nitrogens is 2. The summed E-state index contributed by atoms with van der Waals surface area (Å²) in [6.07, 6.45) is 1.95. The van der Waals surface area contributed by atoms with E-state index in [1.54, 1.807) is 22.9 Å². The molecule has 1 aliphatic heterocycles. The van der Waals surface area contributed by atoms with E-state index in [0.29, 0.717) is 17.7 Å². The van der Waals surface area contributed by atoms with Crippen LogP contribution in [0.3, 0.4) is 0 Å². The largest absolute Gasteiger partial charge is 0.381 e. The first-order valence-electron chi connectivity index (χ1n) is 6.27. The van der Waals surface area contributed by atoms with Crippen molar-refractivity contribution in [2.24, 2.45) is 7.05 Å². The molecule has 6 heteroatoms. The fourth-order valence-electron chi connectivity index (χ4n) is 2.30. The molecule has 1 aromatic heterocycles. The van der Waals surface area contributed by atoms with Crippen LogP contribution < -0.4 is 10.6 Å². The van der Waals surface area contributed by atoms with E-state index in [1.165, 1.54) is 0 Å². The van der Waals surface area contributed by atoms with Crippen LogP contribution in [0.25, 0.3) is 0 Å². The minimum Gasteiger partial charge on any atom is -0.381 e. The highest BCUT2D eigenvalue weighted by molar-refractivity contribution is 6.21. The number of imide groups is 1. The summed E-state index contributed by atoms with van der Waals surface area (Å²) in [5.74, 6) is -0.675. The van der Waals surface area contributed by atoms with Crippen LogP contribution in [0.1, 0.15) is 32.0 Å². The van der Waals surface area contributed by atoms with Crippen LogP contribution >= 0.6 is 0 Å². The quantitative estimate of drug-likeness (QED) is 0.822. The predicted molar refractivity (Wildman–Crippen MR) is 73.5 cm³/mol.